The van der Waals surface area contributed by atoms with E-state index in [1.54, 1.807) is 6.92 Å². The Kier molecular flexibility index (Phi) is 4.34. The maximum absolute atomic E-state index is 13.4. The second-order valence-corrected chi connectivity index (χ2v) is 7.33. The van der Waals surface area contributed by atoms with Crippen molar-refractivity contribution < 1.29 is 12.8 Å². The highest BCUT2D eigenvalue weighted by Gasteiger charge is 2.31. The van der Waals surface area contributed by atoms with E-state index in [0.717, 1.165) is 19.3 Å². The van der Waals surface area contributed by atoms with Crippen molar-refractivity contribution in [2.24, 2.45) is 5.92 Å². The first-order chi connectivity index (χ1) is 9.36. The molecule has 0 amide bonds. The van der Waals surface area contributed by atoms with Crippen LogP contribution in [0.25, 0.3) is 0 Å². The largest absolute Gasteiger partial charge is 0.396 e. The van der Waals surface area contributed by atoms with E-state index in [0.29, 0.717) is 24.6 Å². The normalized spacial score (nSPS) is 21.1. The molecule has 1 atom stereocenters. The van der Waals surface area contributed by atoms with Gasteiger partial charge in [0.15, 0.2) is 0 Å². The predicted octanol–water partition coefficient (Wildman–Crippen LogP) is 2.53. The van der Waals surface area contributed by atoms with E-state index in [1.165, 1.54) is 16.4 Å². The minimum Gasteiger partial charge on any atom is -0.396 e. The van der Waals surface area contributed by atoms with Crippen LogP contribution in [0.4, 0.5) is 10.1 Å². The van der Waals surface area contributed by atoms with Gasteiger partial charge < -0.3 is 5.73 Å². The van der Waals surface area contributed by atoms with Crippen molar-refractivity contribution >= 4 is 15.7 Å². The number of nitrogen functional groups attached to an aromatic ring is 1. The van der Waals surface area contributed by atoms with Crippen molar-refractivity contribution in [2.75, 3.05) is 18.8 Å². The topological polar surface area (TPSA) is 63.4 Å². The van der Waals surface area contributed by atoms with Gasteiger partial charge in [0.05, 0.1) is 10.6 Å². The van der Waals surface area contributed by atoms with Crippen LogP contribution in [0.2, 0.25) is 0 Å². The summed E-state index contributed by atoms with van der Waals surface area (Å²) in [6, 6.07) is 2.42. The van der Waals surface area contributed by atoms with Crippen LogP contribution < -0.4 is 5.73 Å². The number of hydrogen-bond donors (Lipinski definition) is 1. The van der Waals surface area contributed by atoms with Crippen molar-refractivity contribution in [1.29, 1.82) is 0 Å². The lowest BCUT2D eigenvalue weighted by Crippen LogP contribution is -2.40. The fourth-order valence-electron chi connectivity index (χ4n) is 2.66. The molecule has 2 N–H and O–H groups in total. The van der Waals surface area contributed by atoms with E-state index in [4.69, 9.17) is 5.73 Å². The highest BCUT2D eigenvalue weighted by molar-refractivity contribution is 7.89. The lowest BCUT2D eigenvalue weighted by Gasteiger charge is -2.31. The molecule has 1 saturated heterocycles. The number of sulfonamides is 1. The van der Waals surface area contributed by atoms with E-state index in [-0.39, 0.29) is 10.6 Å². The van der Waals surface area contributed by atoms with Gasteiger partial charge in [-0.25, -0.2) is 12.8 Å². The van der Waals surface area contributed by atoms with Gasteiger partial charge in [-0.15, -0.1) is 0 Å². The van der Waals surface area contributed by atoms with Crippen LogP contribution in [0.1, 0.15) is 31.7 Å². The molecule has 1 heterocycles. The standard InChI is InChI=1S/C14H21FN2O2S/c1-3-11-5-4-6-17(9-11)20(18,19)14-8-13(16)12(15)7-10(14)2/h7-8,11H,3-6,9,16H2,1-2H3. The third-order valence-electron chi connectivity index (χ3n) is 3.97. The number of nitrogens with zero attached hydrogens (tertiary/aromatic N) is 1. The number of piperidine rings is 1. The quantitative estimate of drug-likeness (QED) is 0.872. The first-order valence-corrected chi connectivity index (χ1v) is 8.36. The molecule has 0 aromatic heterocycles. The van der Waals surface area contributed by atoms with E-state index in [1.807, 2.05) is 0 Å². The SMILES string of the molecule is CCC1CCCN(S(=O)(=O)c2cc(N)c(F)cc2C)C1. The zero-order chi connectivity index (χ0) is 14.9. The number of nitrogens with two attached hydrogens (primary N) is 1. The minimum absolute atomic E-state index is 0.119. The summed E-state index contributed by atoms with van der Waals surface area (Å²) in [4.78, 5) is 0.119. The highest BCUT2D eigenvalue weighted by Crippen LogP contribution is 2.28. The van der Waals surface area contributed by atoms with Crippen LogP contribution in [-0.4, -0.2) is 25.8 Å². The number of hydrogen-bond acceptors (Lipinski definition) is 3. The molecular formula is C14H21FN2O2S. The minimum atomic E-state index is -3.59. The number of anilines is 1. The predicted molar refractivity (Wildman–Crippen MR) is 77.3 cm³/mol. The fourth-order valence-corrected chi connectivity index (χ4v) is 4.46. The molecule has 1 fully saturated rings. The molecule has 1 aliphatic rings. The zero-order valence-electron chi connectivity index (χ0n) is 11.9. The van der Waals surface area contributed by atoms with Crippen molar-refractivity contribution in [2.45, 2.75) is 38.0 Å². The van der Waals surface area contributed by atoms with Crippen LogP contribution in [0, 0.1) is 18.7 Å². The monoisotopic (exact) mass is 300 g/mol. The van der Waals surface area contributed by atoms with E-state index < -0.39 is 15.8 Å². The first kappa shape index (κ1) is 15.3. The summed E-state index contributed by atoms with van der Waals surface area (Å²) >= 11 is 0. The molecule has 1 unspecified atom stereocenters. The van der Waals surface area contributed by atoms with Gasteiger partial charge in [0.1, 0.15) is 5.82 Å². The molecule has 0 bridgehead atoms. The van der Waals surface area contributed by atoms with Crippen LogP contribution in [0.3, 0.4) is 0 Å². The molecule has 4 nitrogen and oxygen atoms in total. The third kappa shape index (κ3) is 2.81. The summed E-state index contributed by atoms with van der Waals surface area (Å²) in [6.45, 7) is 4.73. The summed E-state index contributed by atoms with van der Waals surface area (Å²) in [5, 5.41) is 0. The molecule has 1 aliphatic heterocycles. The Labute approximate surface area is 119 Å². The van der Waals surface area contributed by atoms with E-state index in [2.05, 4.69) is 6.92 Å². The van der Waals surface area contributed by atoms with E-state index in [9.17, 15) is 12.8 Å². The molecule has 1 aromatic rings. The number of benzene rings is 1. The van der Waals surface area contributed by atoms with Crippen LogP contribution in [-0.2, 0) is 10.0 Å². The van der Waals surface area contributed by atoms with Gasteiger partial charge in [-0.3, -0.25) is 0 Å². The molecular weight excluding hydrogens is 279 g/mol. The number of rotatable bonds is 3. The first-order valence-electron chi connectivity index (χ1n) is 6.92. The maximum Gasteiger partial charge on any atom is 0.243 e. The lowest BCUT2D eigenvalue weighted by molar-refractivity contribution is 0.261. The lowest BCUT2D eigenvalue weighted by atomic mass is 9.97. The van der Waals surface area contributed by atoms with Gasteiger partial charge in [-0.1, -0.05) is 13.3 Å². The Morgan fingerprint density at radius 2 is 2.15 bits per heavy atom. The van der Waals surface area contributed by atoms with Crippen LogP contribution >= 0.6 is 0 Å². The summed E-state index contributed by atoms with van der Waals surface area (Å²) < 4.78 is 40.2. The van der Waals surface area contributed by atoms with Crippen molar-refractivity contribution in [3.05, 3.63) is 23.5 Å². The molecule has 0 aliphatic carbocycles. The summed E-state index contributed by atoms with van der Waals surface area (Å²) in [6.07, 6.45) is 2.90. The second-order valence-electron chi connectivity index (χ2n) is 5.42. The van der Waals surface area contributed by atoms with Crippen LogP contribution in [0.5, 0.6) is 0 Å². The van der Waals surface area contributed by atoms with Crippen molar-refractivity contribution in [3.63, 3.8) is 0 Å². The fraction of sp³-hybridized carbons (Fsp3) is 0.571. The second kappa shape index (κ2) is 5.69. The van der Waals surface area contributed by atoms with Gasteiger partial charge in [-0.2, -0.15) is 4.31 Å². The Balaban J connectivity index is 2.37. The van der Waals surface area contributed by atoms with Crippen molar-refractivity contribution in [3.8, 4) is 0 Å². The molecule has 112 valence electrons. The van der Waals surface area contributed by atoms with Gasteiger partial charge in [0.2, 0.25) is 10.0 Å². The molecule has 1 aromatic carbocycles. The average Bonchev–Trinajstić information content (AvgIpc) is 2.42. The molecule has 6 heteroatoms. The summed E-state index contributed by atoms with van der Waals surface area (Å²) in [5.41, 5.74) is 5.78. The Hall–Kier alpha value is -1.14. The average molecular weight is 300 g/mol. The number of aryl methyl sites for hydroxylation is 1. The maximum atomic E-state index is 13.4. The molecule has 2 rings (SSSR count). The van der Waals surface area contributed by atoms with Crippen molar-refractivity contribution in [1.82, 2.24) is 4.31 Å². The summed E-state index contributed by atoms with van der Waals surface area (Å²) in [7, 11) is -3.59. The third-order valence-corrected chi connectivity index (χ3v) is 5.98. The zero-order valence-corrected chi connectivity index (χ0v) is 12.7. The summed E-state index contributed by atoms with van der Waals surface area (Å²) in [5.74, 6) is -0.178. The van der Waals surface area contributed by atoms with Crippen LogP contribution in [0.15, 0.2) is 17.0 Å². The molecule has 20 heavy (non-hydrogen) atoms. The van der Waals surface area contributed by atoms with E-state index >= 15 is 0 Å². The van der Waals surface area contributed by atoms with Gasteiger partial charge >= 0.3 is 0 Å². The molecule has 0 saturated carbocycles. The van der Waals surface area contributed by atoms with Gasteiger partial charge in [0, 0.05) is 13.1 Å². The van der Waals surface area contributed by atoms with Gasteiger partial charge in [0.25, 0.3) is 0 Å². The highest BCUT2D eigenvalue weighted by atomic mass is 32.2. The Morgan fingerprint density at radius 3 is 2.80 bits per heavy atom. The van der Waals surface area contributed by atoms with Gasteiger partial charge in [-0.05, 0) is 43.4 Å². The Morgan fingerprint density at radius 1 is 1.45 bits per heavy atom. The molecule has 0 spiro atoms. The smallest absolute Gasteiger partial charge is 0.243 e. The molecule has 0 radical (unpaired) electrons. The number of halogens is 1. The Bertz CT molecular complexity index is 601.